The summed E-state index contributed by atoms with van der Waals surface area (Å²) in [5, 5.41) is 7.43. The van der Waals surface area contributed by atoms with E-state index in [0.717, 1.165) is 31.2 Å². The van der Waals surface area contributed by atoms with Gasteiger partial charge in [0.1, 0.15) is 12.6 Å². The van der Waals surface area contributed by atoms with Crippen molar-refractivity contribution in [3.05, 3.63) is 57.8 Å². The molecule has 1 aliphatic rings. The fourth-order valence-electron chi connectivity index (χ4n) is 4.12. The van der Waals surface area contributed by atoms with Crippen LogP contribution in [0.15, 0.2) is 41.8 Å². The van der Waals surface area contributed by atoms with Crippen molar-refractivity contribution in [3.63, 3.8) is 0 Å². The van der Waals surface area contributed by atoms with E-state index in [1.165, 1.54) is 16.2 Å². The van der Waals surface area contributed by atoms with Gasteiger partial charge in [-0.25, -0.2) is 0 Å². The Morgan fingerprint density at radius 3 is 2.50 bits per heavy atom. The van der Waals surface area contributed by atoms with Gasteiger partial charge in [-0.05, 0) is 49.3 Å². The molecule has 2 N–H and O–H groups in total. The van der Waals surface area contributed by atoms with Gasteiger partial charge in [-0.15, -0.1) is 11.3 Å². The average molecular weight is 486 g/mol. The van der Waals surface area contributed by atoms with Crippen molar-refractivity contribution in [3.8, 4) is 0 Å². The fraction of sp³-hybridized carbons (Fsp3) is 0.440. The molecular weight excluding hydrogens is 454 g/mol. The molecule has 9 heteroatoms. The van der Waals surface area contributed by atoms with Crippen molar-refractivity contribution in [2.45, 2.75) is 51.6 Å². The van der Waals surface area contributed by atoms with Gasteiger partial charge in [0, 0.05) is 6.04 Å². The summed E-state index contributed by atoms with van der Waals surface area (Å²) in [7, 11) is 0. The SMILES string of the molecule is CCOC(=O)CN(C(=O)CNC(=O)c1cccs1)[C@H](C(=O)NC1CCCC1)c1ccccc1C. The largest absolute Gasteiger partial charge is 0.465 e. The topological polar surface area (TPSA) is 105 Å². The third kappa shape index (κ3) is 6.66. The molecule has 0 saturated heterocycles. The number of nitrogens with one attached hydrogen (secondary N) is 2. The van der Waals surface area contributed by atoms with Crippen molar-refractivity contribution in [1.82, 2.24) is 15.5 Å². The van der Waals surface area contributed by atoms with Crippen LogP contribution in [-0.4, -0.2) is 54.3 Å². The first kappa shape index (κ1) is 25.4. The van der Waals surface area contributed by atoms with Crippen LogP contribution in [0, 0.1) is 6.92 Å². The summed E-state index contributed by atoms with van der Waals surface area (Å²) in [6.07, 6.45) is 3.85. The van der Waals surface area contributed by atoms with Crippen LogP contribution >= 0.6 is 11.3 Å². The molecule has 1 saturated carbocycles. The lowest BCUT2D eigenvalue weighted by atomic mass is 9.98. The normalized spacial score (nSPS) is 14.3. The quantitative estimate of drug-likeness (QED) is 0.504. The zero-order chi connectivity index (χ0) is 24.5. The number of aryl methyl sites for hydroxylation is 1. The maximum absolute atomic E-state index is 13.5. The number of benzene rings is 1. The van der Waals surface area contributed by atoms with Crippen molar-refractivity contribution in [1.29, 1.82) is 0 Å². The van der Waals surface area contributed by atoms with E-state index in [1.807, 2.05) is 19.1 Å². The Hall–Kier alpha value is -3.20. The minimum atomic E-state index is -1.03. The number of ether oxygens (including phenoxy) is 1. The van der Waals surface area contributed by atoms with Crippen LogP contribution in [0.25, 0.3) is 0 Å². The van der Waals surface area contributed by atoms with Gasteiger partial charge in [0.25, 0.3) is 5.91 Å². The Bertz CT molecular complexity index is 1000. The highest BCUT2D eigenvalue weighted by Gasteiger charge is 2.35. The summed E-state index contributed by atoms with van der Waals surface area (Å²) in [5.74, 6) is -1.90. The number of hydrogen-bond donors (Lipinski definition) is 2. The van der Waals surface area contributed by atoms with Gasteiger partial charge < -0.3 is 20.3 Å². The smallest absolute Gasteiger partial charge is 0.325 e. The minimum absolute atomic E-state index is 0.0390. The van der Waals surface area contributed by atoms with E-state index < -0.39 is 24.5 Å². The van der Waals surface area contributed by atoms with Crippen molar-refractivity contribution >= 4 is 35.0 Å². The van der Waals surface area contributed by atoms with Gasteiger partial charge in [0.05, 0.1) is 18.0 Å². The number of amides is 3. The minimum Gasteiger partial charge on any atom is -0.465 e. The molecule has 0 aliphatic heterocycles. The maximum atomic E-state index is 13.5. The Labute approximate surface area is 203 Å². The molecule has 1 atom stereocenters. The second-order valence-corrected chi connectivity index (χ2v) is 9.18. The number of rotatable bonds is 10. The van der Waals surface area contributed by atoms with E-state index in [0.29, 0.717) is 10.4 Å². The number of nitrogens with zero attached hydrogens (tertiary/aromatic N) is 1. The lowest BCUT2D eigenvalue weighted by Gasteiger charge is -2.32. The summed E-state index contributed by atoms with van der Waals surface area (Å²) in [6, 6.07) is 9.70. The monoisotopic (exact) mass is 485 g/mol. The molecule has 34 heavy (non-hydrogen) atoms. The van der Waals surface area contributed by atoms with Crippen LogP contribution in [0.4, 0.5) is 0 Å². The molecule has 182 valence electrons. The predicted octanol–water partition coefficient (Wildman–Crippen LogP) is 2.98. The third-order valence-corrected chi connectivity index (χ3v) is 6.68. The van der Waals surface area contributed by atoms with Gasteiger partial charge >= 0.3 is 5.97 Å². The highest BCUT2D eigenvalue weighted by Crippen LogP contribution is 2.26. The molecule has 2 aromatic rings. The molecule has 1 aromatic carbocycles. The van der Waals surface area contributed by atoms with Crippen LogP contribution in [0.2, 0.25) is 0 Å². The van der Waals surface area contributed by atoms with E-state index in [-0.39, 0.29) is 31.0 Å². The molecule has 0 bridgehead atoms. The first-order chi connectivity index (χ1) is 16.4. The second-order valence-electron chi connectivity index (χ2n) is 8.24. The summed E-state index contributed by atoms with van der Waals surface area (Å²) in [5.41, 5.74) is 1.44. The molecule has 3 rings (SSSR count). The predicted molar refractivity (Wildman–Crippen MR) is 129 cm³/mol. The second kappa shape index (κ2) is 12.3. The highest BCUT2D eigenvalue weighted by molar-refractivity contribution is 7.12. The first-order valence-electron chi connectivity index (χ1n) is 11.5. The van der Waals surface area contributed by atoms with Crippen LogP contribution in [0.3, 0.4) is 0 Å². The molecule has 8 nitrogen and oxygen atoms in total. The molecule has 1 fully saturated rings. The number of esters is 1. The van der Waals surface area contributed by atoms with Gasteiger partial charge in [0.15, 0.2) is 0 Å². The van der Waals surface area contributed by atoms with Gasteiger partial charge in [-0.2, -0.15) is 0 Å². The molecule has 1 aromatic heterocycles. The zero-order valence-electron chi connectivity index (χ0n) is 19.5. The van der Waals surface area contributed by atoms with Crippen LogP contribution in [-0.2, 0) is 19.1 Å². The Balaban J connectivity index is 1.88. The van der Waals surface area contributed by atoms with E-state index >= 15 is 0 Å². The molecule has 1 heterocycles. The van der Waals surface area contributed by atoms with Crippen LogP contribution < -0.4 is 10.6 Å². The van der Waals surface area contributed by atoms with E-state index in [1.54, 1.807) is 36.6 Å². The van der Waals surface area contributed by atoms with E-state index in [9.17, 15) is 19.2 Å². The molecular formula is C25H31N3O5S. The lowest BCUT2D eigenvalue weighted by Crippen LogP contribution is -2.50. The number of carbonyl (C=O) groups excluding carboxylic acids is 4. The average Bonchev–Trinajstić information content (AvgIpc) is 3.53. The number of thiophene rings is 1. The van der Waals surface area contributed by atoms with Gasteiger partial charge in [-0.1, -0.05) is 43.2 Å². The van der Waals surface area contributed by atoms with Crippen LogP contribution in [0.1, 0.15) is 59.4 Å². The number of carbonyl (C=O) groups is 4. The lowest BCUT2D eigenvalue weighted by molar-refractivity contribution is -0.152. The molecule has 1 aliphatic carbocycles. The zero-order valence-corrected chi connectivity index (χ0v) is 20.4. The summed E-state index contributed by atoms with van der Waals surface area (Å²) < 4.78 is 5.09. The molecule has 0 unspecified atom stereocenters. The molecule has 0 radical (unpaired) electrons. The van der Waals surface area contributed by atoms with E-state index in [4.69, 9.17) is 4.74 Å². The number of hydrogen-bond acceptors (Lipinski definition) is 6. The highest BCUT2D eigenvalue weighted by atomic mass is 32.1. The fourth-order valence-corrected chi connectivity index (χ4v) is 4.76. The van der Waals surface area contributed by atoms with Crippen molar-refractivity contribution in [2.24, 2.45) is 0 Å². The summed E-state index contributed by atoms with van der Waals surface area (Å²) in [6.45, 7) is 2.93. The van der Waals surface area contributed by atoms with E-state index in [2.05, 4.69) is 10.6 Å². The summed E-state index contributed by atoms with van der Waals surface area (Å²) in [4.78, 5) is 53.4. The van der Waals surface area contributed by atoms with Gasteiger partial charge in [-0.3, -0.25) is 19.2 Å². The first-order valence-corrected chi connectivity index (χ1v) is 12.4. The Kier molecular flexibility index (Phi) is 9.21. The molecule has 3 amide bonds. The Morgan fingerprint density at radius 1 is 1.12 bits per heavy atom. The third-order valence-electron chi connectivity index (χ3n) is 5.81. The summed E-state index contributed by atoms with van der Waals surface area (Å²) >= 11 is 1.26. The maximum Gasteiger partial charge on any atom is 0.325 e. The van der Waals surface area contributed by atoms with Crippen molar-refractivity contribution < 1.29 is 23.9 Å². The molecule has 0 spiro atoms. The van der Waals surface area contributed by atoms with Gasteiger partial charge in [0.2, 0.25) is 11.8 Å². The Morgan fingerprint density at radius 2 is 1.85 bits per heavy atom. The standard InChI is InChI=1S/C25H31N3O5S/c1-3-33-22(30)16-28(21(29)15-26-24(31)20-13-8-14-34-20)23(19-12-7-4-9-17(19)2)25(32)27-18-10-5-6-11-18/h4,7-9,12-14,18,23H,3,5-6,10-11,15-16H2,1-2H3,(H,26,31)(H,27,32)/t23-/m0/s1. The van der Waals surface area contributed by atoms with Crippen molar-refractivity contribution in [2.75, 3.05) is 19.7 Å². The van der Waals surface area contributed by atoms with Crippen LogP contribution in [0.5, 0.6) is 0 Å².